The third kappa shape index (κ3) is 5.81. The lowest BCUT2D eigenvalue weighted by Crippen LogP contribution is -1.94. The molecule has 0 spiro atoms. The number of aromatic nitrogens is 3. The van der Waals surface area contributed by atoms with Crippen LogP contribution in [0.2, 0.25) is 0 Å². The van der Waals surface area contributed by atoms with E-state index in [2.05, 4.69) is 209 Å². The molecule has 3 nitrogen and oxygen atoms in total. The van der Waals surface area contributed by atoms with Crippen LogP contribution in [0.5, 0.6) is 0 Å². The molecule has 4 heterocycles. The van der Waals surface area contributed by atoms with Crippen molar-refractivity contribution < 1.29 is 0 Å². The summed E-state index contributed by atoms with van der Waals surface area (Å²) in [5, 5.41) is 8.64. The number of rotatable bonds is 5. The monoisotopic (exact) mass is 829 g/mol. The molecule has 294 valence electrons. The molecule has 62 heavy (non-hydrogen) atoms. The van der Waals surface area contributed by atoms with E-state index in [1.54, 1.807) is 11.3 Å². The number of fused-ring (bicyclic) bond motifs is 10. The van der Waals surface area contributed by atoms with E-state index < -0.39 is 0 Å². The van der Waals surface area contributed by atoms with Crippen LogP contribution in [0.4, 0.5) is 0 Å². The fourth-order valence-corrected chi connectivity index (χ4v) is 11.4. The van der Waals surface area contributed by atoms with Gasteiger partial charge in [-0.1, -0.05) is 129 Å². The molecule has 0 aliphatic rings. The second-order valence-electron chi connectivity index (χ2n) is 15.6. The Hall–Kier alpha value is -7.31. The molecule has 0 atom stereocenters. The van der Waals surface area contributed by atoms with Crippen LogP contribution < -0.4 is 0 Å². The van der Waals surface area contributed by atoms with Crippen molar-refractivity contribution in [3.8, 4) is 44.2 Å². The molecular formula is C57H39N3S2. The second-order valence-corrected chi connectivity index (χ2v) is 17.7. The van der Waals surface area contributed by atoms with Crippen LogP contribution in [-0.4, -0.2) is 14.1 Å². The first-order chi connectivity index (χ1) is 30.7. The molecule has 0 fully saturated rings. The van der Waals surface area contributed by atoms with Gasteiger partial charge in [-0.15, -0.1) is 22.7 Å². The predicted molar refractivity (Wildman–Crippen MR) is 269 cm³/mol. The van der Waals surface area contributed by atoms with Crippen molar-refractivity contribution in [2.24, 2.45) is 0 Å². The number of benzene rings is 9. The molecule has 0 amide bonds. The molecule has 0 N–H and O–H groups in total. The first-order valence-corrected chi connectivity index (χ1v) is 22.9. The van der Waals surface area contributed by atoms with E-state index >= 15 is 0 Å². The number of hydrogen-bond donors (Lipinski definition) is 0. The molecule has 9 aromatic carbocycles. The zero-order chi connectivity index (χ0) is 41.3. The Morgan fingerprint density at radius 3 is 1.63 bits per heavy atom. The summed E-state index contributed by atoms with van der Waals surface area (Å²) in [6.07, 6.45) is 0. The SMILES string of the molecule is CC.c1ccc(-c2nc3cc4c(cc3s2)c2cc(-c3ccc5c(c3)c3ccccc3n5-c3cccc(-c5ccc6sc7ccccc7c6c5)c3)ccc2n4-c2ccccc2)cc1. The van der Waals surface area contributed by atoms with Crippen molar-refractivity contribution in [3.05, 3.63) is 200 Å². The molecule has 0 aliphatic carbocycles. The average Bonchev–Trinajstić information content (AvgIpc) is 4.10. The van der Waals surface area contributed by atoms with Crippen LogP contribution in [0.3, 0.4) is 0 Å². The van der Waals surface area contributed by atoms with Gasteiger partial charge in [0.1, 0.15) is 5.01 Å². The molecular weight excluding hydrogens is 791 g/mol. The van der Waals surface area contributed by atoms with Crippen molar-refractivity contribution in [1.29, 1.82) is 0 Å². The minimum atomic E-state index is 1.02. The Kier molecular flexibility index (Phi) is 8.66. The molecule has 5 heteroatoms. The Bertz CT molecular complexity index is 3830. The first-order valence-electron chi connectivity index (χ1n) is 21.3. The third-order valence-corrected chi connectivity index (χ3v) is 14.3. The van der Waals surface area contributed by atoms with E-state index in [-0.39, 0.29) is 0 Å². The number of nitrogens with zero attached hydrogens (tertiary/aromatic N) is 3. The lowest BCUT2D eigenvalue weighted by Gasteiger charge is -2.11. The first kappa shape index (κ1) is 36.5. The van der Waals surface area contributed by atoms with Crippen LogP contribution in [0.25, 0.3) is 118 Å². The Morgan fingerprint density at radius 1 is 0.323 bits per heavy atom. The lowest BCUT2D eigenvalue weighted by molar-refractivity contribution is 1.18. The number of thiazole rings is 1. The number of hydrogen-bond acceptors (Lipinski definition) is 3. The van der Waals surface area contributed by atoms with E-state index in [4.69, 9.17) is 4.98 Å². The fraction of sp³-hybridized carbons (Fsp3) is 0.0351. The van der Waals surface area contributed by atoms with E-state index in [1.165, 1.54) is 85.2 Å². The highest BCUT2D eigenvalue weighted by Gasteiger charge is 2.19. The van der Waals surface area contributed by atoms with E-state index in [0.29, 0.717) is 0 Å². The van der Waals surface area contributed by atoms with Crippen molar-refractivity contribution in [2.45, 2.75) is 13.8 Å². The number of thiophene rings is 1. The van der Waals surface area contributed by atoms with Gasteiger partial charge in [0.05, 0.1) is 32.3 Å². The Morgan fingerprint density at radius 2 is 0.855 bits per heavy atom. The van der Waals surface area contributed by atoms with E-state index in [1.807, 2.05) is 25.2 Å². The zero-order valence-electron chi connectivity index (χ0n) is 34.2. The minimum absolute atomic E-state index is 1.02. The van der Waals surface area contributed by atoms with Crippen LogP contribution in [0.1, 0.15) is 13.8 Å². The summed E-state index contributed by atoms with van der Waals surface area (Å²) < 4.78 is 8.66. The van der Waals surface area contributed by atoms with Gasteiger partial charge in [0.15, 0.2) is 0 Å². The van der Waals surface area contributed by atoms with Gasteiger partial charge >= 0.3 is 0 Å². The van der Waals surface area contributed by atoms with Gasteiger partial charge in [-0.2, -0.15) is 0 Å². The van der Waals surface area contributed by atoms with Gasteiger partial charge in [-0.25, -0.2) is 4.98 Å². The van der Waals surface area contributed by atoms with Crippen molar-refractivity contribution in [1.82, 2.24) is 14.1 Å². The molecule has 0 aliphatic heterocycles. The largest absolute Gasteiger partial charge is 0.309 e. The molecule has 0 unspecified atom stereocenters. The molecule has 13 rings (SSSR count). The third-order valence-electron chi connectivity index (χ3n) is 12.1. The summed E-state index contributed by atoms with van der Waals surface area (Å²) >= 11 is 3.62. The van der Waals surface area contributed by atoms with Gasteiger partial charge in [0.2, 0.25) is 0 Å². The van der Waals surface area contributed by atoms with Gasteiger partial charge < -0.3 is 9.13 Å². The molecule has 0 saturated carbocycles. The maximum Gasteiger partial charge on any atom is 0.124 e. The quantitative estimate of drug-likeness (QED) is 0.169. The zero-order valence-corrected chi connectivity index (χ0v) is 35.8. The normalized spacial score (nSPS) is 11.7. The van der Waals surface area contributed by atoms with Gasteiger partial charge in [0, 0.05) is 58.7 Å². The smallest absolute Gasteiger partial charge is 0.124 e. The summed E-state index contributed by atoms with van der Waals surface area (Å²) in [6.45, 7) is 4.00. The van der Waals surface area contributed by atoms with Crippen LogP contribution in [0.15, 0.2) is 200 Å². The Balaban J connectivity index is 0.00000202. The summed E-state index contributed by atoms with van der Waals surface area (Å²) in [6, 6.07) is 73.2. The highest BCUT2D eigenvalue weighted by molar-refractivity contribution is 7.25. The van der Waals surface area contributed by atoms with Crippen LogP contribution in [-0.2, 0) is 0 Å². The molecule has 4 aromatic heterocycles. The summed E-state index contributed by atoms with van der Waals surface area (Å²) in [7, 11) is 0. The van der Waals surface area contributed by atoms with Gasteiger partial charge in [0.25, 0.3) is 0 Å². The maximum atomic E-state index is 5.12. The highest BCUT2D eigenvalue weighted by atomic mass is 32.1. The standard InChI is InChI=1S/C55H33N3S2.C2H6/c1-3-12-34(13-4-1)55-56-47-33-51-45(32-54(47)60-55)44-30-37(23-26-50(44)57(51)39-15-5-2-6-16-39)36-22-25-49-43(29-36)41-18-7-9-20-48(41)58(49)40-17-11-14-35(28-40)38-24-27-53-46(31-38)42-19-8-10-21-52(42)59-53;1-2/h1-33H;1-2H3. The predicted octanol–water partition coefficient (Wildman–Crippen LogP) is 16.9. The molecule has 0 bridgehead atoms. The molecule has 13 aromatic rings. The molecule has 0 saturated heterocycles. The van der Waals surface area contributed by atoms with Crippen molar-refractivity contribution in [2.75, 3.05) is 0 Å². The summed E-state index contributed by atoms with van der Waals surface area (Å²) in [5.74, 6) is 0. The van der Waals surface area contributed by atoms with Crippen LogP contribution >= 0.6 is 22.7 Å². The maximum absolute atomic E-state index is 5.12. The van der Waals surface area contributed by atoms with Crippen molar-refractivity contribution >= 4 is 96.7 Å². The highest BCUT2D eigenvalue weighted by Crippen LogP contribution is 2.42. The Labute approximate surface area is 367 Å². The van der Waals surface area contributed by atoms with Gasteiger partial charge in [-0.3, -0.25) is 0 Å². The summed E-state index contributed by atoms with van der Waals surface area (Å²) in [5.41, 5.74) is 14.0. The van der Waals surface area contributed by atoms with Crippen molar-refractivity contribution in [3.63, 3.8) is 0 Å². The topological polar surface area (TPSA) is 22.8 Å². The van der Waals surface area contributed by atoms with Gasteiger partial charge in [-0.05, 0) is 107 Å². The summed E-state index contributed by atoms with van der Waals surface area (Å²) in [4.78, 5) is 5.12. The van der Waals surface area contributed by atoms with E-state index in [0.717, 1.165) is 33.0 Å². The van der Waals surface area contributed by atoms with Crippen LogP contribution in [0, 0.1) is 0 Å². The average molecular weight is 830 g/mol. The number of para-hydroxylation sites is 2. The minimum Gasteiger partial charge on any atom is -0.309 e. The fourth-order valence-electron chi connectivity index (χ4n) is 9.34. The second kappa shape index (κ2) is 14.7. The molecule has 0 radical (unpaired) electrons. The van der Waals surface area contributed by atoms with E-state index in [9.17, 15) is 0 Å². The lowest BCUT2D eigenvalue weighted by atomic mass is 10.0.